The smallest absolute Gasteiger partial charge is 0.311 e. The van der Waals surface area contributed by atoms with Gasteiger partial charge in [0.1, 0.15) is 0 Å². The van der Waals surface area contributed by atoms with Gasteiger partial charge in [-0.15, -0.1) is 0 Å². The van der Waals surface area contributed by atoms with Crippen molar-refractivity contribution < 1.29 is 15.0 Å². The van der Waals surface area contributed by atoms with Crippen LogP contribution in [0.3, 0.4) is 0 Å². The van der Waals surface area contributed by atoms with Gasteiger partial charge in [-0.2, -0.15) is 0 Å². The van der Waals surface area contributed by atoms with Crippen molar-refractivity contribution in [2.24, 2.45) is 17.1 Å². The zero-order valence-corrected chi connectivity index (χ0v) is 9.60. The Labute approximate surface area is 90.8 Å². The van der Waals surface area contributed by atoms with Gasteiger partial charge >= 0.3 is 5.97 Å². The van der Waals surface area contributed by atoms with E-state index in [1.165, 1.54) is 6.08 Å². The Balaban J connectivity index is 4.77. The van der Waals surface area contributed by atoms with Crippen LogP contribution in [0.5, 0.6) is 0 Å². The van der Waals surface area contributed by atoms with Gasteiger partial charge in [0.2, 0.25) is 0 Å². The fourth-order valence-corrected chi connectivity index (χ4v) is 1.63. The van der Waals surface area contributed by atoms with Crippen LogP contribution in [0.25, 0.3) is 0 Å². The van der Waals surface area contributed by atoms with Gasteiger partial charge in [0.15, 0.2) is 0 Å². The fraction of sp³-hybridized carbons (Fsp3) is 0.727. The first-order valence-electron chi connectivity index (χ1n) is 5.11. The number of hydrogen-bond donors (Lipinski definition) is 3. The van der Waals surface area contributed by atoms with Crippen molar-refractivity contribution in [3.8, 4) is 0 Å². The second kappa shape index (κ2) is 5.88. The standard InChI is InChI=1S/C11H21NO3/c1-8(2)7-11(3,10(14)15)9(12)5-4-6-13/h4-5,8-9,13H,6-7,12H2,1-3H3,(H,14,15). The molecule has 0 saturated heterocycles. The van der Waals surface area contributed by atoms with Gasteiger partial charge < -0.3 is 15.9 Å². The molecule has 2 atom stereocenters. The molecule has 0 bridgehead atoms. The highest BCUT2D eigenvalue weighted by Crippen LogP contribution is 2.30. The molecular formula is C11H21NO3. The van der Waals surface area contributed by atoms with Crippen molar-refractivity contribution in [1.29, 1.82) is 0 Å². The van der Waals surface area contributed by atoms with Gasteiger partial charge in [-0.05, 0) is 19.3 Å². The number of aliphatic hydroxyl groups is 1. The molecule has 88 valence electrons. The summed E-state index contributed by atoms with van der Waals surface area (Å²) in [7, 11) is 0. The average Bonchev–Trinajstić information content (AvgIpc) is 2.12. The molecule has 0 fully saturated rings. The number of carbonyl (C=O) groups is 1. The lowest BCUT2D eigenvalue weighted by Crippen LogP contribution is -2.45. The second-order valence-electron chi connectivity index (χ2n) is 4.46. The van der Waals surface area contributed by atoms with Crippen molar-refractivity contribution in [3.05, 3.63) is 12.2 Å². The highest BCUT2D eigenvalue weighted by molar-refractivity contribution is 5.75. The molecule has 0 amide bonds. The summed E-state index contributed by atoms with van der Waals surface area (Å²) in [5, 5.41) is 17.8. The lowest BCUT2D eigenvalue weighted by molar-refractivity contribution is -0.149. The Morgan fingerprint density at radius 3 is 2.40 bits per heavy atom. The lowest BCUT2D eigenvalue weighted by atomic mass is 9.76. The number of carboxylic acids is 1. The first-order chi connectivity index (χ1) is 6.84. The third kappa shape index (κ3) is 4.01. The Kier molecular flexibility index (Phi) is 5.54. The minimum absolute atomic E-state index is 0.120. The highest BCUT2D eigenvalue weighted by atomic mass is 16.4. The van der Waals surface area contributed by atoms with Crippen molar-refractivity contribution in [1.82, 2.24) is 0 Å². The molecule has 0 aromatic rings. The summed E-state index contributed by atoms with van der Waals surface area (Å²) in [6.45, 7) is 5.44. The maximum absolute atomic E-state index is 11.2. The van der Waals surface area contributed by atoms with E-state index in [1.807, 2.05) is 13.8 Å². The Morgan fingerprint density at radius 2 is 2.07 bits per heavy atom. The van der Waals surface area contributed by atoms with E-state index in [4.69, 9.17) is 10.8 Å². The topological polar surface area (TPSA) is 83.5 Å². The summed E-state index contributed by atoms with van der Waals surface area (Å²) in [5.41, 5.74) is 4.84. The van der Waals surface area contributed by atoms with Gasteiger partial charge in [0, 0.05) is 6.04 Å². The van der Waals surface area contributed by atoms with Gasteiger partial charge in [-0.25, -0.2) is 0 Å². The zero-order chi connectivity index (χ0) is 12.1. The number of hydrogen-bond acceptors (Lipinski definition) is 3. The second-order valence-corrected chi connectivity index (χ2v) is 4.46. The normalized spacial score (nSPS) is 18.0. The first-order valence-corrected chi connectivity index (χ1v) is 5.11. The molecule has 0 aliphatic rings. The Bertz CT molecular complexity index is 238. The van der Waals surface area contributed by atoms with Crippen LogP contribution in [-0.4, -0.2) is 28.8 Å². The molecule has 4 N–H and O–H groups in total. The minimum atomic E-state index is -0.972. The Morgan fingerprint density at radius 1 is 1.53 bits per heavy atom. The highest BCUT2D eigenvalue weighted by Gasteiger charge is 2.38. The van der Waals surface area contributed by atoms with E-state index in [-0.39, 0.29) is 12.5 Å². The third-order valence-electron chi connectivity index (χ3n) is 2.51. The summed E-state index contributed by atoms with van der Waals surface area (Å²) in [5.74, 6) is -0.633. The van der Waals surface area contributed by atoms with Crippen LogP contribution >= 0.6 is 0 Å². The Hall–Kier alpha value is -0.870. The van der Waals surface area contributed by atoms with Crippen LogP contribution < -0.4 is 5.73 Å². The molecule has 4 heteroatoms. The van der Waals surface area contributed by atoms with Crippen LogP contribution in [0.1, 0.15) is 27.2 Å². The van der Waals surface area contributed by atoms with Crippen LogP contribution in [0.15, 0.2) is 12.2 Å². The molecule has 4 nitrogen and oxygen atoms in total. The summed E-state index contributed by atoms with van der Waals surface area (Å²) in [4.78, 5) is 11.2. The van der Waals surface area contributed by atoms with Gasteiger partial charge in [-0.1, -0.05) is 26.0 Å². The number of carboxylic acid groups (broad SMARTS) is 1. The molecule has 0 heterocycles. The molecule has 2 unspecified atom stereocenters. The maximum atomic E-state index is 11.2. The van der Waals surface area contributed by atoms with E-state index in [0.29, 0.717) is 6.42 Å². The van der Waals surface area contributed by atoms with Crippen molar-refractivity contribution in [2.75, 3.05) is 6.61 Å². The van der Waals surface area contributed by atoms with Crippen LogP contribution in [0.2, 0.25) is 0 Å². The van der Waals surface area contributed by atoms with Crippen molar-refractivity contribution >= 4 is 5.97 Å². The number of nitrogens with two attached hydrogens (primary N) is 1. The predicted molar refractivity (Wildman–Crippen MR) is 59.4 cm³/mol. The van der Waals surface area contributed by atoms with E-state index in [0.717, 1.165) is 0 Å². The molecule has 15 heavy (non-hydrogen) atoms. The fourth-order valence-electron chi connectivity index (χ4n) is 1.63. The lowest BCUT2D eigenvalue weighted by Gasteiger charge is -2.31. The summed E-state index contributed by atoms with van der Waals surface area (Å²) in [6, 6.07) is -0.579. The molecule has 0 spiro atoms. The molecule has 0 saturated carbocycles. The third-order valence-corrected chi connectivity index (χ3v) is 2.51. The quantitative estimate of drug-likeness (QED) is 0.577. The van der Waals surface area contributed by atoms with E-state index in [2.05, 4.69) is 0 Å². The monoisotopic (exact) mass is 215 g/mol. The van der Waals surface area contributed by atoms with Gasteiger partial charge in [0.25, 0.3) is 0 Å². The van der Waals surface area contributed by atoms with Crippen LogP contribution in [0.4, 0.5) is 0 Å². The largest absolute Gasteiger partial charge is 0.481 e. The number of aliphatic hydroxyl groups excluding tert-OH is 1. The maximum Gasteiger partial charge on any atom is 0.311 e. The van der Waals surface area contributed by atoms with E-state index >= 15 is 0 Å². The van der Waals surface area contributed by atoms with E-state index in [9.17, 15) is 9.90 Å². The van der Waals surface area contributed by atoms with Crippen molar-refractivity contribution in [2.45, 2.75) is 33.2 Å². The molecular weight excluding hydrogens is 194 g/mol. The van der Waals surface area contributed by atoms with Crippen LogP contribution in [-0.2, 0) is 4.79 Å². The predicted octanol–water partition coefficient (Wildman–Crippen LogP) is 0.999. The summed E-state index contributed by atoms with van der Waals surface area (Å²) in [6.07, 6.45) is 3.54. The molecule has 0 aromatic heterocycles. The minimum Gasteiger partial charge on any atom is -0.481 e. The molecule has 0 rings (SSSR count). The molecule has 0 aliphatic heterocycles. The van der Waals surface area contributed by atoms with Gasteiger partial charge in [-0.3, -0.25) is 4.79 Å². The number of aliphatic carboxylic acids is 1. The number of rotatable bonds is 6. The van der Waals surface area contributed by atoms with Crippen LogP contribution in [0, 0.1) is 11.3 Å². The first kappa shape index (κ1) is 14.1. The molecule has 0 aliphatic carbocycles. The summed E-state index contributed by atoms with van der Waals surface area (Å²) < 4.78 is 0. The van der Waals surface area contributed by atoms with E-state index < -0.39 is 17.4 Å². The zero-order valence-electron chi connectivity index (χ0n) is 9.60. The van der Waals surface area contributed by atoms with Crippen molar-refractivity contribution in [3.63, 3.8) is 0 Å². The average molecular weight is 215 g/mol. The van der Waals surface area contributed by atoms with E-state index in [1.54, 1.807) is 13.0 Å². The SMILES string of the molecule is CC(C)CC(C)(C(=O)O)C(N)C=CCO. The molecule has 0 aromatic carbocycles. The molecule has 0 radical (unpaired) electrons. The summed E-state index contributed by atoms with van der Waals surface area (Å²) >= 11 is 0. The van der Waals surface area contributed by atoms with Gasteiger partial charge in [0.05, 0.1) is 12.0 Å².